The lowest BCUT2D eigenvalue weighted by atomic mass is 10.3. The molecule has 0 radical (unpaired) electrons. The highest BCUT2D eigenvalue weighted by Gasteiger charge is 2.02. The van der Waals surface area contributed by atoms with Crippen molar-refractivity contribution in [3.05, 3.63) is 29.7 Å². The van der Waals surface area contributed by atoms with Crippen LogP contribution < -0.4 is 0 Å². The first-order chi connectivity index (χ1) is 6.33. The van der Waals surface area contributed by atoms with Gasteiger partial charge in [-0.05, 0) is 31.9 Å². The zero-order chi connectivity index (χ0) is 9.26. The van der Waals surface area contributed by atoms with E-state index in [2.05, 4.69) is 22.0 Å². The smallest absolute Gasteiger partial charge is 0.161 e. The fourth-order valence-electron chi connectivity index (χ4n) is 1.31. The van der Waals surface area contributed by atoms with Crippen molar-refractivity contribution in [1.82, 2.24) is 14.6 Å². The van der Waals surface area contributed by atoms with Crippen molar-refractivity contribution >= 4 is 5.65 Å². The maximum absolute atomic E-state index is 4.01. The first-order valence-electron chi connectivity index (χ1n) is 4.06. The molecular formula is C10H9N3. The summed E-state index contributed by atoms with van der Waals surface area (Å²) in [5.41, 5.74) is 1.78. The number of hydrogen-bond donors (Lipinski definition) is 0. The standard InChI is InChI=1S/C10H9N3/c1-3-5-9-6-4-7-10-12-11-8(2)13(9)10/h4,6-7H,1-2H3. The van der Waals surface area contributed by atoms with Crippen molar-refractivity contribution in [2.45, 2.75) is 13.8 Å². The second-order valence-electron chi connectivity index (χ2n) is 2.73. The molecule has 0 aliphatic carbocycles. The minimum Gasteiger partial charge on any atom is -0.272 e. The SMILES string of the molecule is CC#Cc1cccc2nnc(C)n12. The van der Waals surface area contributed by atoms with Crippen molar-refractivity contribution in [1.29, 1.82) is 0 Å². The van der Waals surface area contributed by atoms with E-state index in [9.17, 15) is 0 Å². The van der Waals surface area contributed by atoms with Gasteiger partial charge in [0.05, 0.1) is 5.69 Å². The van der Waals surface area contributed by atoms with E-state index in [1.807, 2.05) is 36.4 Å². The van der Waals surface area contributed by atoms with Crippen molar-refractivity contribution in [2.75, 3.05) is 0 Å². The molecule has 0 atom stereocenters. The number of pyridine rings is 1. The molecule has 0 bridgehead atoms. The summed E-state index contributed by atoms with van der Waals surface area (Å²) in [6.07, 6.45) is 0. The fourth-order valence-corrected chi connectivity index (χ4v) is 1.31. The Hall–Kier alpha value is -1.82. The summed E-state index contributed by atoms with van der Waals surface area (Å²) >= 11 is 0. The molecule has 0 unspecified atom stereocenters. The lowest BCUT2D eigenvalue weighted by molar-refractivity contribution is 0.998. The largest absolute Gasteiger partial charge is 0.272 e. The third-order valence-electron chi connectivity index (χ3n) is 1.84. The Labute approximate surface area is 76.4 Å². The van der Waals surface area contributed by atoms with Gasteiger partial charge in [0.1, 0.15) is 5.82 Å². The van der Waals surface area contributed by atoms with Crippen molar-refractivity contribution < 1.29 is 0 Å². The fraction of sp³-hybridized carbons (Fsp3) is 0.200. The van der Waals surface area contributed by atoms with Crippen LogP contribution in [0.25, 0.3) is 5.65 Å². The molecule has 0 saturated heterocycles. The van der Waals surface area contributed by atoms with E-state index in [1.165, 1.54) is 0 Å². The molecule has 3 nitrogen and oxygen atoms in total. The van der Waals surface area contributed by atoms with Gasteiger partial charge in [0.2, 0.25) is 0 Å². The Bertz CT molecular complexity index is 500. The second kappa shape index (κ2) is 2.91. The zero-order valence-electron chi connectivity index (χ0n) is 7.57. The molecule has 0 N–H and O–H groups in total. The summed E-state index contributed by atoms with van der Waals surface area (Å²) in [4.78, 5) is 0. The molecule has 2 rings (SSSR count). The maximum Gasteiger partial charge on any atom is 0.161 e. The summed E-state index contributed by atoms with van der Waals surface area (Å²) in [6, 6.07) is 5.81. The Morgan fingerprint density at radius 1 is 1.31 bits per heavy atom. The van der Waals surface area contributed by atoms with E-state index in [0.717, 1.165) is 17.2 Å². The van der Waals surface area contributed by atoms with Gasteiger partial charge in [-0.25, -0.2) is 0 Å². The van der Waals surface area contributed by atoms with Gasteiger partial charge in [0, 0.05) is 0 Å². The summed E-state index contributed by atoms with van der Waals surface area (Å²) in [6.45, 7) is 3.74. The summed E-state index contributed by atoms with van der Waals surface area (Å²) in [5, 5.41) is 7.99. The summed E-state index contributed by atoms with van der Waals surface area (Å²) in [5.74, 6) is 6.75. The number of hydrogen-bond acceptors (Lipinski definition) is 2. The average Bonchev–Trinajstić information content (AvgIpc) is 2.50. The highest BCUT2D eigenvalue weighted by molar-refractivity contribution is 5.44. The zero-order valence-corrected chi connectivity index (χ0v) is 7.57. The third-order valence-corrected chi connectivity index (χ3v) is 1.84. The Morgan fingerprint density at radius 2 is 2.15 bits per heavy atom. The van der Waals surface area contributed by atoms with Crippen LogP contribution in [0.15, 0.2) is 18.2 Å². The van der Waals surface area contributed by atoms with Gasteiger partial charge in [-0.2, -0.15) is 0 Å². The number of nitrogens with zero attached hydrogens (tertiary/aromatic N) is 3. The molecular weight excluding hydrogens is 162 g/mol. The summed E-state index contributed by atoms with van der Waals surface area (Å²) in [7, 11) is 0. The van der Waals surface area contributed by atoms with E-state index in [4.69, 9.17) is 0 Å². The van der Waals surface area contributed by atoms with Crippen LogP contribution in [-0.2, 0) is 0 Å². The molecule has 0 fully saturated rings. The average molecular weight is 171 g/mol. The van der Waals surface area contributed by atoms with Crippen LogP contribution in [-0.4, -0.2) is 14.6 Å². The van der Waals surface area contributed by atoms with Crippen LogP contribution >= 0.6 is 0 Å². The minimum absolute atomic E-state index is 0.845. The Balaban J connectivity index is 2.85. The quantitative estimate of drug-likeness (QED) is 0.561. The first kappa shape index (κ1) is 7.81. The van der Waals surface area contributed by atoms with Gasteiger partial charge >= 0.3 is 0 Å². The highest BCUT2D eigenvalue weighted by atomic mass is 15.2. The molecule has 64 valence electrons. The Morgan fingerprint density at radius 3 is 2.92 bits per heavy atom. The minimum atomic E-state index is 0.845. The van der Waals surface area contributed by atoms with Gasteiger partial charge in [-0.15, -0.1) is 10.2 Å². The van der Waals surface area contributed by atoms with Gasteiger partial charge in [-0.3, -0.25) is 4.40 Å². The van der Waals surface area contributed by atoms with Crippen molar-refractivity contribution in [3.63, 3.8) is 0 Å². The van der Waals surface area contributed by atoms with Gasteiger partial charge in [0.15, 0.2) is 5.65 Å². The molecule has 0 aliphatic rings. The van der Waals surface area contributed by atoms with Gasteiger partial charge in [-0.1, -0.05) is 12.0 Å². The van der Waals surface area contributed by atoms with E-state index in [0.29, 0.717) is 0 Å². The van der Waals surface area contributed by atoms with Crippen LogP contribution in [0, 0.1) is 18.8 Å². The number of fused-ring (bicyclic) bond motifs is 1. The van der Waals surface area contributed by atoms with Crippen LogP contribution in [0.1, 0.15) is 18.4 Å². The lowest BCUT2D eigenvalue weighted by Gasteiger charge is -1.97. The molecule has 0 saturated carbocycles. The molecule has 2 heterocycles. The molecule has 0 aliphatic heterocycles. The molecule has 0 spiro atoms. The molecule has 2 aromatic rings. The maximum atomic E-state index is 4.01. The van der Waals surface area contributed by atoms with Crippen LogP contribution in [0.3, 0.4) is 0 Å². The van der Waals surface area contributed by atoms with Gasteiger partial charge < -0.3 is 0 Å². The third kappa shape index (κ3) is 1.17. The highest BCUT2D eigenvalue weighted by Crippen LogP contribution is 2.06. The second-order valence-corrected chi connectivity index (χ2v) is 2.73. The number of aromatic nitrogens is 3. The molecule has 0 aromatic carbocycles. The predicted molar refractivity (Wildman–Crippen MR) is 50.3 cm³/mol. The topological polar surface area (TPSA) is 30.2 Å². The van der Waals surface area contributed by atoms with Crippen molar-refractivity contribution in [3.8, 4) is 11.8 Å². The Kier molecular flexibility index (Phi) is 1.75. The number of aryl methyl sites for hydroxylation is 1. The van der Waals surface area contributed by atoms with Crippen LogP contribution in [0.2, 0.25) is 0 Å². The van der Waals surface area contributed by atoms with Gasteiger partial charge in [0.25, 0.3) is 0 Å². The summed E-state index contributed by atoms with van der Waals surface area (Å²) < 4.78 is 1.94. The van der Waals surface area contributed by atoms with E-state index in [1.54, 1.807) is 0 Å². The van der Waals surface area contributed by atoms with Crippen molar-refractivity contribution in [2.24, 2.45) is 0 Å². The molecule has 0 amide bonds. The lowest BCUT2D eigenvalue weighted by Crippen LogP contribution is -1.93. The molecule has 2 aromatic heterocycles. The van der Waals surface area contributed by atoms with E-state index >= 15 is 0 Å². The predicted octanol–water partition coefficient (Wildman–Crippen LogP) is 1.41. The first-order valence-corrected chi connectivity index (χ1v) is 4.06. The van der Waals surface area contributed by atoms with Crippen LogP contribution in [0.4, 0.5) is 0 Å². The number of rotatable bonds is 0. The van der Waals surface area contributed by atoms with Crippen LogP contribution in [0.5, 0.6) is 0 Å². The van der Waals surface area contributed by atoms with E-state index in [-0.39, 0.29) is 0 Å². The molecule has 3 heteroatoms. The molecule has 13 heavy (non-hydrogen) atoms. The van der Waals surface area contributed by atoms with E-state index < -0.39 is 0 Å². The normalized spacial score (nSPS) is 9.69. The monoisotopic (exact) mass is 171 g/mol.